The number of guanidine groups is 1. The molecule has 0 saturated carbocycles. The van der Waals surface area contributed by atoms with Crippen LogP contribution in [0.3, 0.4) is 0 Å². The van der Waals surface area contributed by atoms with E-state index in [1.807, 2.05) is 0 Å². The van der Waals surface area contributed by atoms with Crippen molar-refractivity contribution in [3.63, 3.8) is 0 Å². The van der Waals surface area contributed by atoms with Crippen LogP contribution in [0.4, 0.5) is 5.69 Å². The van der Waals surface area contributed by atoms with E-state index >= 15 is 0 Å². The highest BCUT2D eigenvalue weighted by molar-refractivity contribution is 7.89. The third kappa shape index (κ3) is 8.09. The Balaban J connectivity index is 1.66. The van der Waals surface area contributed by atoms with Gasteiger partial charge < -0.3 is 26.2 Å². The van der Waals surface area contributed by atoms with Gasteiger partial charge in [-0.3, -0.25) is 25.1 Å². The molecule has 41 heavy (non-hydrogen) atoms. The van der Waals surface area contributed by atoms with Crippen LogP contribution in [0.2, 0.25) is 0 Å². The first-order chi connectivity index (χ1) is 19.3. The van der Waals surface area contributed by atoms with Crippen molar-refractivity contribution < 1.29 is 37.4 Å². The summed E-state index contributed by atoms with van der Waals surface area (Å²) in [4.78, 5) is 48.9. The van der Waals surface area contributed by atoms with Crippen molar-refractivity contribution in [1.82, 2.24) is 14.9 Å². The maximum absolute atomic E-state index is 13.3. The number of nitrogens with one attached hydrogen (secondary N) is 4. The Hall–Kier alpha value is -4.34. The number of benzene rings is 2. The van der Waals surface area contributed by atoms with Gasteiger partial charge >= 0.3 is 5.97 Å². The molecule has 1 aliphatic rings. The topological polar surface area (TPSA) is 221 Å². The average Bonchev–Trinajstić information content (AvgIpc) is 3.22. The van der Waals surface area contributed by atoms with Crippen LogP contribution in [0.1, 0.15) is 32.3 Å². The van der Waals surface area contributed by atoms with Gasteiger partial charge in [0.1, 0.15) is 18.3 Å². The third-order valence-corrected chi connectivity index (χ3v) is 8.17. The second-order valence-corrected chi connectivity index (χ2v) is 11.2. The largest absolute Gasteiger partial charge is 0.480 e. The molecule has 7 N–H and O–H groups in total. The van der Waals surface area contributed by atoms with Gasteiger partial charge in [0.25, 0.3) is 0 Å². The maximum Gasteiger partial charge on any atom is 0.326 e. The van der Waals surface area contributed by atoms with E-state index in [4.69, 9.17) is 15.9 Å². The van der Waals surface area contributed by atoms with Crippen molar-refractivity contribution in [3.05, 3.63) is 60.2 Å². The van der Waals surface area contributed by atoms with Crippen molar-refractivity contribution in [3.8, 4) is 0 Å². The fourth-order valence-corrected chi connectivity index (χ4v) is 6.10. The van der Waals surface area contributed by atoms with Gasteiger partial charge in [0, 0.05) is 24.9 Å². The molecule has 0 bridgehead atoms. The van der Waals surface area contributed by atoms with E-state index in [1.165, 1.54) is 31.2 Å². The van der Waals surface area contributed by atoms with Gasteiger partial charge in [0.15, 0.2) is 5.96 Å². The van der Waals surface area contributed by atoms with Crippen molar-refractivity contribution in [2.75, 3.05) is 5.32 Å². The van der Waals surface area contributed by atoms with Crippen molar-refractivity contribution >= 4 is 45.4 Å². The summed E-state index contributed by atoms with van der Waals surface area (Å²) < 4.78 is 33.2. The van der Waals surface area contributed by atoms with Crippen molar-refractivity contribution in [2.24, 2.45) is 5.73 Å². The summed E-state index contributed by atoms with van der Waals surface area (Å²) in [6, 6.07) is 11.1. The first-order valence-electron chi connectivity index (χ1n) is 12.6. The SMILES string of the molecule is CC1OC(C)N(S(=O)(=O)c2ccccc2)[C@@H]1C(=O)N[C@@H](Cc1ccc(NC(=O)CCC(=O)NC(=N)N)cc1)C(=O)O. The predicted molar refractivity (Wildman–Crippen MR) is 147 cm³/mol. The number of nitrogens with two attached hydrogens (primary N) is 1. The van der Waals surface area contributed by atoms with Gasteiger partial charge in [-0.2, -0.15) is 4.31 Å². The summed E-state index contributed by atoms with van der Waals surface area (Å²) in [5, 5.41) is 23.9. The summed E-state index contributed by atoms with van der Waals surface area (Å²) in [7, 11) is -4.13. The molecule has 1 fully saturated rings. The number of aliphatic carboxylic acids is 1. The van der Waals surface area contributed by atoms with E-state index in [0.717, 1.165) is 4.31 Å². The van der Waals surface area contributed by atoms with Crippen LogP contribution in [0.25, 0.3) is 0 Å². The molecule has 0 spiro atoms. The van der Waals surface area contributed by atoms with Crippen molar-refractivity contribution in [2.45, 2.75) is 62.4 Å². The molecule has 1 heterocycles. The zero-order chi connectivity index (χ0) is 30.3. The number of rotatable bonds is 11. The van der Waals surface area contributed by atoms with Gasteiger partial charge in [-0.05, 0) is 43.7 Å². The first kappa shape index (κ1) is 31.2. The van der Waals surface area contributed by atoms with E-state index in [9.17, 15) is 32.7 Å². The number of nitrogens with zero attached hydrogens (tertiary/aromatic N) is 1. The number of carboxylic acid groups (broad SMARTS) is 1. The lowest BCUT2D eigenvalue weighted by atomic mass is 10.0. The molecule has 3 amide bonds. The standard InChI is InChI=1S/C26H32N6O8S/c1-15-23(32(16(2)40-15)41(38,39)19-6-4-3-5-7-19)24(35)30-20(25(36)37)14-17-8-10-18(11-9-17)29-21(33)12-13-22(34)31-26(27)28/h3-11,15-16,20,23H,12-14H2,1-2H3,(H,29,33)(H,30,35)(H,36,37)(H4,27,28,31,34)/t15?,16?,20-,23-/m0/s1. The van der Waals surface area contributed by atoms with Crippen LogP contribution < -0.4 is 21.7 Å². The Bertz CT molecular complexity index is 1400. The fourth-order valence-electron chi connectivity index (χ4n) is 4.35. The molecule has 0 aliphatic carbocycles. The number of carbonyl (C=O) groups excluding carboxylic acids is 3. The third-order valence-electron chi connectivity index (χ3n) is 6.22. The van der Waals surface area contributed by atoms with Gasteiger partial charge in [0.05, 0.1) is 11.0 Å². The molecular formula is C26H32N6O8S. The van der Waals surface area contributed by atoms with Gasteiger partial charge in [-0.15, -0.1) is 0 Å². The number of ether oxygens (including phenoxy) is 1. The van der Waals surface area contributed by atoms with Crippen LogP contribution in [0.5, 0.6) is 0 Å². The molecule has 3 rings (SSSR count). The molecule has 15 heteroatoms. The molecule has 2 aromatic carbocycles. The Morgan fingerprint density at radius 1 is 1.02 bits per heavy atom. The molecular weight excluding hydrogens is 556 g/mol. The lowest BCUT2D eigenvalue weighted by molar-refractivity contribution is -0.142. The highest BCUT2D eigenvalue weighted by atomic mass is 32.2. The molecule has 4 atom stereocenters. The summed E-state index contributed by atoms with van der Waals surface area (Å²) in [5.41, 5.74) is 5.98. The van der Waals surface area contributed by atoms with E-state index in [0.29, 0.717) is 11.3 Å². The monoisotopic (exact) mass is 588 g/mol. The van der Waals surface area contributed by atoms with Crippen molar-refractivity contribution in [1.29, 1.82) is 5.41 Å². The smallest absolute Gasteiger partial charge is 0.326 e. The number of carbonyl (C=O) groups is 4. The number of hydrogen-bond acceptors (Lipinski definition) is 8. The maximum atomic E-state index is 13.3. The van der Waals surface area contributed by atoms with Gasteiger partial charge in [-0.25, -0.2) is 13.2 Å². The highest BCUT2D eigenvalue weighted by Crippen LogP contribution is 2.30. The van der Waals surface area contributed by atoms with Gasteiger partial charge in [-0.1, -0.05) is 30.3 Å². The molecule has 2 unspecified atom stereocenters. The lowest BCUT2D eigenvalue weighted by Gasteiger charge is -2.27. The Labute approximate surface area is 236 Å². The minimum atomic E-state index is -4.13. The summed E-state index contributed by atoms with van der Waals surface area (Å²) in [6.45, 7) is 3.04. The predicted octanol–water partition coefficient (Wildman–Crippen LogP) is 0.351. The van der Waals surface area contributed by atoms with E-state index in [1.54, 1.807) is 37.3 Å². The van der Waals surface area contributed by atoms with Gasteiger partial charge in [0.2, 0.25) is 27.7 Å². The second kappa shape index (κ2) is 13.3. The summed E-state index contributed by atoms with van der Waals surface area (Å²) in [6.07, 6.45) is -2.23. The molecule has 1 aliphatic heterocycles. The van der Waals surface area contributed by atoms with Crippen LogP contribution in [0, 0.1) is 5.41 Å². The van der Waals surface area contributed by atoms with Crippen LogP contribution in [0.15, 0.2) is 59.5 Å². The second-order valence-electron chi connectivity index (χ2n) is 9.34. The minimum absolute atomic E-state index is 0.0244. The minimum Gasteiger partial charge on any atom is -0.480 e. The fraction of sp³-hybridized carbons (Fsp3) is 0.346. The molecule has 220 valence electrons. The zero-order valence-corrected chi connectivity index (χ0v) is 23.2. The first-order valence-corrected chi connectivity index (χ1v) is 14.0. The number of amides is 3. The number of hydrogen-bond donors (Lipinski definition) is 6. The summed E-state index contributed by atoms with van der Waals surface area (Å²) in [5.74, 6) is -3.68. The molecule has 0 aromatic heterocycles. The van der Waals surface area contributed by atoms with Crippen LogP contribution >= 0.6 is 0 Å². The normalized spacial score (nSPS) is 19.6. The molecule has 1 saturated heterocycles. The van der Waals surface area contributed by atoms with E-state index < -0.39 is 64.1 Å². The summed E-state index contributed by atoms with van der Waals surface area (Å²) >= 11 is 0. The van der Waals surface area contributed by atoms with Crippen LogP contribution in [-0.4, -0.2) is 71.9 Å². The zero-order valence-electron chi connectivity index (χ0n) is 22.4. The Morgan fingerprint density at radius 2 is 1.63 bits per heavy atom. The van der Waals surface area contributed by atoms with Crippen LogP contribution in [-0.2, 0) is 40.4 Å². The number of sulfonamides is 1. The quantitative estimate of drug-likeness (QED) is 0.157. The van der Waals surface area contributed by atoms with E-state index in [-0.39, 0.29) is 24.2 Å². The average molecular weight is 589 g/mol. The number of anilines is 1. The number of carboxylic acids is 1. The molecule has 14 nitrogen and oxygen atoms in total. The highest BCUT2D eigenvalue weighted by Gasteiger charge is 2.49. The molecule has 0 radical (unpaired) electrons. The Morgan fingerprint density at radius 3 is 2.22 bits per heavy atom. The lowest BCUT2D eigenvalue weighted by Crippen LogP contribution is -2.54. The Kier molecular flexibility index (Phi) is 10.2. The van der Waals surface area contributed by atoms with E-state index in [2.05, 4.69) is 16.0 Å². The molecule has 2 aromatic rings.